The Balaban J connectivity index is 1.95. The smallest absolute Gasteiger partial charge is 0.410 e. The molecule has 1 heterocycles. The summed E-state index contributed by atoms with van der Waals surface area (Å²) in [5.74, 6) is 0.0681. The van der Waals surface area contributed by atoms with Crippen LogP contribution in [0, 0.1) is 5.92 Å². The minimum absolute atomic E-state index is 0.0681. The predicted molar refractivity (Wildman–Crippen MR) is 99.9 cm³/mol. The first-order valence-electron chi connectivity index (χ1n) is 8.30. The minimum atomic E-state index is -3.59. The zero-order valence-electron chi connectivity index (χ0n) is 14.8. The number of carbonyl (C=O) groups excluding carboxylic acids is 1. The van der Waals surface area contributed by atoms with Crippen molar-refractivity contribution in [3.8, 4) is 0 Å². The molecule has 1 fully saturated rings. The summed E-state index contributed by atoms with van der Waals surface area (Å²) >= 11 is 3.27. The second-order valence-corrected chi connectivity index (χ2v) is 9.81. The first kappa shape index (κ1) is 20.2. The lowest BCUT2D eigenvalue weighted by Gasteiger charge is -2.34. The molecule has 0 aliphatic carbocycles. The fourth-order valence-electron chi connectivity index (χ4n) is 2.69. The fourth-order valence-corrected chi connectivity index (χ4v) is 4.81. The SMILES string of the molecule is CC(C)(C)OC(=O)N1CCC[C@H](CNS(=O)(=O)c2ccccc2Br)C1. The summed E-state index contributed by atoms with van der Waals surface area (Å²) in [5, 5.41) is 0. The van der Waals surface area contributed by atoms with Crippen molar-refractivity contribution in [3.63, 3.8) is 0 Å². The Hall–Kier alpha value is -1.12. The summed E-state index contributed by atoms with van der Waals surface area (Å²) in [6, 6.07) is 6.70. The van der Waals surface area contributed by atoms with Gasteiger partial charge in [0.25, 0.3) is 0 Å². The maximum Gasteiger partial charge on any atom is 0.410 e. The molecular weight excluding hydrogens is 408 g/mol. The molecule has 2 rings (SSSR count). The van der Waals surface area contributed by atoms with Gasteiger partial charge in [0.2, 0.25) is 10.0 Å². The van der Waals surface area contributed by atoms with Crippen LogP contribution in [-0.2, 0) is 14.8 Å². The number of amides is 1. The monoisotopic (exact) mass is 432 g/mol. The number of rotatable bonds is 4. The Labute approximate surface area is 158 Å². The average molecular weight is 433 g/mol. The van der Waals surface area contributed by atoms with Gasteiger partial charge in [-0.25, -0.2) is 17.9 Å². The molecule has 0 bridgehead atoms. The van der Waals surface area contributed by atoms with E-state index in [-0.39, 0.29) is 16.9 Å². The largest absolute Gasteiger partial charge is 0.444 e. The maximum atomic E-state index is 12.5. The lowest BCUT2D eigenvalue weighted by atomic mass is 9.99. The van der Waals surface area contributed by atoms with Crippen LogP contribution in [0.4, 0.5) is 4.79 Å². The number of hydrogen-bond acceptors (Lipinski definition) is 4. The molecule has 1 aromatic rings. The van der Waals surface area contributed by atoms with Crippen molar-refractivity contribution in [2.45, 2.75) is 44.1 Å². The molecule has 1 atom stereocenters. The molecule has 6 nitrogen and oxygen atoms in total. The van der Waals surface area contributed by atoms with Crippen LogP contribution in [0.3, 0.4) is 0 Å². The molecule has 1 aliphatic heterocycles. The molecule has 25 heavy (non-hydrogen) atoms. The molecule has 0 aromatic heterocycles. The summed E-state index contributed by atoms with van der Waals surface area (Å²) in [4.78, 5) is 14.1. The highest BCUT2D eigenvalue weighted by Crippen LogP contribution is 2.22. The molecule has 1 aliphatic rings. The number of nitrogens with zero attached hydrogens (tertiary/aromatic N) is 1. The molecule has 1 saturated heterocycles. The first-order valence-corrected chi connectivity index (χ1v) is 10.6. The number of ether oxygens (including phenoxy) is 1. The van der Waals surface area contributed by atoms with Gasteiger partial charge in [-0.2, -0.15) is 0 Å². The fraction of sp³-hybridized carbons (Fsp3) is 0.588. The summed E-state index contributed by atoms with van der Waals surface area (Å²) in [7, 11) is -3.59. The Bertz CT molecular complexity index is 716. The quantitative estimate of drug-likeness (QED) is 0.790. The number of nitrogens with one attached hydrogen (secondary N) is 1. The highest BCUT2D eigenvalue weighted by Gasteiger charge is 2.28. The van der Waals surface area contributed by atoms with Gasteiger partial charge >= 0.3 is 6.09 Å². The second kappa shape index (κ2) is 8.05. The number of piperidine rings is 1. The topological polar surface area (TPSA) is 75.7 Å². The Kier molecular flexibility index (Phi) is 6.51. The lowest BCUT2D eigenvalue weighted by molar-refractivity contribution is 0.0169. The molecule has 0 saturated carbocycles. The van der Waals surface area contributed by atoms with Crippen molar-refractivity contribution < 1.29 is 17.9 Å². The Morgan fingerprint density at radius 3 is 2.68 bits per heavy atom. The lowest BCUT2D eigenvalue weighted by Crippen LogP contribution is -2.45. The molecule has 8 heteroatoms. The van der Waals surface area contributed by atoms with Gasteiger partial charge in [-0.15, -0.1) is 0 Å². The molecule has 0 unspecified atom stereocenters. The highest BCUT2D eigenvalue weighted by atomic mass is 79.9. The highest BCUT2D eigenvalue weighted by molar-refractivity contribution is 9.10. The molecule has 1 N–H and O–H groups in total. The van der Waals surface area contributed by atoms with E-state index in [0.717, 1.165) is 12.8 Å². The number of hydrogen-bond donors (Lipinski definition) is 1. The van der Waals surface area contributed by atoms with Gasteiger partial charge < -0.3 is 9.64 Å². The summed E-state index contributed by atoms with van der Waals surface area (Å²) in [5.41, 5.74) is -0.537. The van der Waals surface area contributed by atoms with E-state index in [2.05, 4.69) is 20.7 Å². The summed E-state index contributed by atoms with van der Waals surface area (Å²) < 4.78 is 33.5. The van der Waals surface area contributed by atoms with Gasteiger partial charge in [0.15, 0.2) is 0 Å². The van der Waals surface area contributed by atoms with E-state index < -0.39 is 15.6 Å². The zero-order chi connectivity index (χ0) is 18.7. The summed E-state index contributed by atoms with van der Waals surface area (Å²) in [6.45, 7) is 6.92. The van der Waals surface area contributed by atoms with Gasteiger partial charge in [-0.1, -0.05) is 12.1 Å². The van der Waals surface area contributed by atoms with Gasteiger partial charge in [-0.05, 0) is 67.6 Å². The number of halogens is 1. The van der Waals surface area contributed by atoms with Crippen LogP contribution in [-0.4, -0.2) is 44.6 Å². The molecular formula is C17H25BrN2O4S. The average Bonchev–Trinajstić information content (AvgIpc) is 2.52. The minimum Gasteiger partial charge on any atom is -0.444 e. The van der Waals surface area contributed by atoms with Crippen molar-refractivity contribution in [1.82, 2.24) is 9.62 Å². The van der Waals surface area contributed by atoms with E-state index in [0.29, 0.717) is 24.1 Å². The predicted octanol–water partition coefficient (Wildman–Crippen LogP) is 3.37. The molecule has 0 spiro atoms. The standard InChI is InChI=1S/C17H25BrN2O4S/c1-17(2,3)24-16(21)20-10-6-7-13(12-20)11-19-25(22,23)15-9-5-4-8-14(15)18/h4-5,8-9,13,19H,6-7,10-12H2,1-3H3/t13-/m1/s1. The Morgan fingerprint density at radius 2 is 2.04 bits per heavy atom. The van der Waals surface area contributed by atoms with Crippen LogP contribution in [0.1, 0.15) is 33.6 Å². The number of sulfonamides is 1. The third-order valence-corrected chi connectivity index (χ3v) is 6.29. The summed E-state index contributed by atoms with van der Waals surface area (Å²) in [6.07, 6.45) is 1.36. The van der Waals surface area contributed by atoms with Crippen LogP contribution in [0.25, 0.3) is 0 Å². The van der Waals surface area contributed by atoms with Crippen molar-refractivity contribution in [2.24, 2.45) is 5.92 Å². The van der Waals surface area contributed by atoms with Gasteiger partial charge in [0.1, 0.15) is 5.60 Å². The zero-order valence-corrected chi connectivity index (χ0v) is 17.2. The molecule has 1 amide bonds. The Morgan fingerprint density at radius 1 is 1.36 bits per heavy atom. The van der Waals surface area contributed by atoms with Crippen LogP contribution < -0.4 is 4.72 Å². The third-order valence-electron chi connectivity index (χ3n) is 3.86. The van der Waals surface area contributed by atoms with E-state index in [9.17, 15) is 13.2 Å². The van der Waals surface area contributed by atoms with Gasteiger partial charge in [-0.3, -0.25) is 0 Å². The van der Waals surface area contributed by atoms with Crippen molar-refractivity contribution in [2.75, 3.05) is 19.6 Å². The maximum absolute atomic E-state index is 12.5. The van der Waals surface area contributed by atoms with Crippen LogP contribution in [0.2, 0.25) is 0 Å². The van der Waals surface area contributed by atoms with E-state index in [4.69, 9.17) is 4.74 Å². The van der Waals surface area contributed by atoms with E-state index in [1.165, 1.54) is 0 Å². The van der Waals surface area contributed by atoms with Crippen LogP contribution in [0.5, 0.6) is 0 Å². The van der Waals surface area contributed by atoms with Crippen molar-refractivity contribution >= 4 is 32.0 Å². The normalized spacial score (nSPS) is 18.9. The first-order chi connectivity index (χ1) is 11.6. The number of likely N-dealkylation sites (tertiary alicyclic amines) is 1. The van der Waals surface area contributed by atoms with Crippen LogP contribution >= 0.6 is 15.9 Å². The number of carbonyl (C=O) groups is 1. The second-order valence-electron chi connectivity index (χ2n) is 7.22. The molecule has 1 aromatic carbocycles. The van der Waals surface area contributed by atoms with Crippen molar-refractivity contribution in [1.29, 1.82) is 0 Å². The van der Waals surface area contributed by atoms with E-state index in [1.54, 1.807) is 29.2 Å². The van der Waals surface area contributed by atoms with Crippen LogP contribution in [0.15, 0.2) is 33.6 Å². The molecule has 0 radical (unpaired) electrons. The van der Waals surface area contributed by atoms with E-state index >= 15 is 0 Å². The third kappa shape index (κ3) is 5.97. The number of benzene rings is 1. The van der Waals surface area contributed by atoms with Crippen molar-refractivity contribution in [3.05, 3.63) is 28.7 Å². The molecule has 140 valence electrons. The van der Waals surface area contributed by atoms with E-state index in [1.807, 2.05) is 20.8 Å². The van der Waals surface area contributed by atoms with Gasteiger partial charge in [0, 0.05) is 24.1 Å². The van der Waals surface area contributed by atoms with Gasteiger partial charge in [0.05, 0.1) is 4.90 Å².